The third-order valence-corrected chi connectivity index (χ3v) is 2.70. The van der Waals surface area contributed by atoms with Crippen LogP contribution < -0.4 is 10.6 Å². The van der Waals surface area contributed by atoms with E-state index < -0.39 is 0 Å². The summed E-state index contributed by atoms with van der Waals surface area (Å²) in [5.74, 6) is 0.0395. The summed E-state index contributed by atoms with van der Waals surface area (Å²) in [5, 5.41) is 14.1. The average Bonchev–Trinajstić information content (AvgIpc) is 2.38. The van der Waals surface area contributed by atoms with Crippen LogP contribution in [0.25, 0.3) is 0 Å². The fraction of sp³-hybridized carbons (Fsp3) is 0.429. The number of amides is 2. The van der Waals surface area contributed by atoms with Crippen LogP contribution in [-0.2, 0) is 0 Å². The molecule has 1 atom stereocenters. The molecule has 0 saturated carbocycles. The highest BCUT2D eigenvalue weighted by atomic mass is 16.3. The standard InChI is InChI=1S/C14H20N2O3/c1-3-13(18)11-5-4-6-12(9-11)16-14(19)15-10(2)7-8-17/h4-6,9-10,17H,3,7-8H2,1-2H3,(H2,15,16,19)/t10-/m1/s1. The molecule has 0 bridgehead atoms. The number of aliphatic hydroxyl groups is 1. The first-order valence-electron chi connectivity index (χ1n) is 6.38. The van der Waals surface area contributed by atoms with E-state index >= 15 is 0 Å². The van der Waals surface area contributed by atoms with Gasteiger partial charge in [0.2, 0.25) is 0 Å². The molecule has 5 heteroatoms. The Labute approximate surface area is 113 Å². The summed E-state index contributed by atoms with van der Waals surface area (Å²) in [7, 11) is 0. The van der Waals surface area contributed by atoms with E-state index in [-0.39, 0.29) is 24.5 Å². The number of hydrogen-bond donors (Lipinski definition) is 3. The Kier molecular flexibility index (Phi) is 6.02. The Morgan fingerprint density at radius 3 is 2.74 bits per heavy atom. The van der Waals surface area contributed by atoms with Gasteiger partial charge in [0.05, 0.1) is 0 Å². The van der Waals surface area contributed by atoms with Crippen molar-refractivity contribution in [3.05, 3.63) is 29.8 Å². The van der Waals surface area contributed by atoms with Crippen LogP contribution in [0.2, 0.25) is 0 Å². The van der Waals surface area contributed by atoms with Gasteiger partial charge in [0, 0.05) is 30.3 Å². The number of carbonyl (C=O) groups is 2. The molecule has 0 aliphatic carbocycles. The first-order valence-corrected chi connectivity index (χ1v) is 6.38. The van der Waals surface area contributed by atoms with Crippen LogP contribution in [0.3, 0.4) is 0 Å². The maximum Gasteiger partial charge on any atom is 0.319 e. The molecule has 19 heavy (non-hydrogen) atoms. The Balaban J connectivity index is 2.62. The fourth-order valence-electron chi connectivity index (χ4n) is 1.63. The van der Waals surface area contributed by atoms with E-state index in [1.165, 1.54) is 0 Å². The summed E-state index contributed by atoms with van der Waals surface area (Å²) >= 11 is 0. The number of benzene rings is 1. The van der Waals surface area contributed by atoms with Crippen LogP contribution in [0, 0.1) is 0 Å². The number of hydrogen-bond acceptors (Lipinski definition) is 3. The van der Waals surface area contributed by atoms with Crippen molar-refractivity contribution < 1.29 is 14.7 Å². The molecule has 2 amide bonds. The normalized spacial score (nSPS) is 11.7. The summed E-state index contributed by atoms with van der Waals surface area (Å²) in [5.41, 5.74) is 1.16. The Morgan fingerprint density at radius 1 is 1.37 bits per heavy atom. The van der Waals surface area contributed by atoms with Crippen molar-refractivity contribution in [3.63, 3.8) is 0 Å². The summed E-state index contributed by atoms with van der Waals surface area (Å²) in [4.78, 5) is 23.2. The molecule has 1 aromatic rings. The lowest BCUT2D eigenvalue weighted by molar-refractivity contribution is 0.0988. The minimum Gasteiger partial charge on any atom is -0.396 e. The maximum atomic E-state index is 11.7. The predicted octanol–water partition coefficient (Wildman–Crippen LogP) is 2.17. The average molecular weight is 264 g/mol. The van der Waals surface area contributed by atoms with Crippen molar-refractivity contribution in [1.29, 1.82) is 0 Å². The molecule has 1 rings (SSSR count). The van der Waals surface area contributed by atoms with Crippen LogP contribution in [-0.4, -0.2) is 29.6 Å². The van der Waals surface area contributed by atoms with E-state index in [0.29, 0.717) is 24.1 Å². The number of urea groups is 1. The molecule has 0 aliphatic rings. The van der Waals surface area contributed by atoms with Gasteiger partial charge in [-0.15, -0.1) is 0 Å². The largest absolute Gasteiger partial charge is 0.396 e. The van der Waals surface area contributed by atoms with Crippen LogP contribution in [0.4, 0.5) is 10.5 Å². The van der Waals surface area contributed by atoms with E-state index in [1.807, 2.05) is 6.92 Å². The molecule has 0 spiro atoms. The van der Waals surface area contributed by atoms with Crippen LogP contribution in [0.5, 0.6) is 0 Å². The molecule has 5 nitrogen and oxygen atoms in total. The van der Waals surface area contributed by atoms with E-state index in [4.69, 9.17) is 5.11 Å². The van der Waals surface area contributed by atoms with Crippen molar-refractivity contribution in [2.45, 2.75) is 32.7 Å². The molecule has 3 N–H and O–H groups in total. The first kappa shape index (κ1) is 15.2. The summed E-state index contributed by atoms with van der Waals surface area (Å²) in [6.45, 7) is 3.64. The molecule has 0 unspecified atom stereocenters. The van der Waals surface area contributed by atoms with E-state index in [9.17, 15) is 9.59 Å². The molecule has 0 aromatic heterocycles. The van der Waals surface area contributed by atoms with Gasteiger partial charge in [0.1, 0.15) is 0 Å². The van der Waals surface area contributed by atoms with Crippen molar-refractivity contribution in [1.82, 2.24) is 5.32 Å². The minimum atomic E-state index is -0.345. The second-order valence-corrected chi connectivity index (χ2v) is 4.37. The Hall–Kier alpha value is -1.88. The lowest BCUT2D eigenvalue weighted by Gasteiger charge is -2.13. The third kappa shape index (κ3) is 5.09. The molecule has 0 heterocycles. The van der Waals surface area contributed by atoms with Gasteiger partial charge in [-0.2, -0.15) is 0 Å². The number of nitrogens with one attached hydrogen (secondary N) is 2. The van der Waals surface area contributed by atoms with E-state index in [1.54, 1.807) is 31.2 Å². The molecular formula is C14H20N2O3. The third-order valence-electron chi connectivity index (χ3n) is 2.70. The molecule has 0 radical (unpaired) electrons. The van der Waals surface area contributed by atoms with E-state index in [2.05, 4.69) is 10.6 Å². The van der Waals surface area contributed by atoms with Crippen molar-refractivity contribution in [2.75, 3.05) is 11.9 Å². The van der Waals surface area contributed by atoms with Crippen LogP contribution in [0.15, 0.2) is 24.3 Å². The number of carbonyl (C=O) groups excluding carboxylic acids is 2. The highest BCUT2D eigenvalue weighted by Gasteiger charge is 2.08. The minimum absolute atomic E-state index is 0.0297. The SMILES string of the molecule is CCC(=O)c1cccc(NC(=O)N[C@H](C)CCO)c1. The summed E-state index contributed by atoms with van der Waals surface area (Å²) in [6, 6.07) is 6.39. The zero-order valence-corrected chi connectivity index (χ0v) is 11.3. The van der Waals surface area contributed by atoms with Gasteiger partial charge >= 0.3 is 6.03 Å². The zero-order chi connectivity index (χ0) is 14.3. The van der Waals surface area contributed by atoms with Gasteiger partial charge in [0.15, 0.2) is 5.78 Å². The molecule has 1 aromatic carbocycles. The van der Waals surface area contributed by atoms with Gasteiger partial charge in [-0.3, -0.25) is 4.79 Å². The first-order chi connectivity index (χ1) is 9.06. The Bertz CT molecular complexity index is 446. The quantitative estimate of drug-likeness (QED) is 0.689. The molecule has 0 fully saturated rings. The topological polar surface area (TPSA) is 78.4 Å². The lowest BCUT2D eigenvalue weighted by Crippen LogP contribution is -2.36. The lowest BCUT2D eigenvalue weighted by atomic mass is 10.1. The van der Waals surface area contributed by atoms with Crippen molar-refractivity contribution in [3.8, 4) is 0 Å². The number of anilines is 1. The monoisotopic (exact) mass is 264 g/mol. The summed E-state index contributed by atoms with van der Waals surface area (Å²) in [6.07, 6.45) is 0.935. The van der Waals surface area contributed by atoms with Gasteiger partial charge in [-0.1, -0.05) is 19.1 Å². The maximum absolute atomic E-state index is 11.7. The highest BCUT2D eigenvalue weighted by Crippen LogP contribution is 2.12. The second-order valence-electron chi connectivity index (χ2n) is 4.37. The second kappa shape index (κ2) is 7.53. The highest BCUT2D eigenvalue weighted by molar-refractivity contribution is 5.98. The smallest absolute Gasteiger partial charge is 0.319 e. The van der Waals surface area contributed by atoms with Crippen molar-refractivity contribution in [2.24, 2.45) is 0 Å². The van der Waals surface area contributed by atoms with Crippen molar-refractivity contribution >= 4 is 17.5 Å². The van der Waals surface area contributed by atoms with Crippen LogP contribution in [0.1, 0.15) is 37.0 Å². The predicted molar refractivity (Wildman–Crippen MR) is 74.4 cm³/mol. The summed E-state index contributed by atoms with van der Waals surface area (Å²) < 4.78 is 0. The zero-order valence-electron chi connectivity index (χ0n) is 11.3. The number of aliphatic hydroxyl groups excluding tert-OH is 1. The molecule has 104 valence electrons. The Morgan fingerprint density at radius 2 is 2.11 bits per heavy atom. The number of Topliss-reactive ketones (excluding diaryl/α,β-unsaturated/α-hetero) is 1. The van der Waals surface area contributed by atoms with Gasteiger partial charge in [-0.25, -0.2) is 4.79 Å². The number of rotatable bonds is 6. The molecule has 0 saturated heterocycles. The fourth-order valence-corrected chi connectivity index (χ4v) is 1.63. The van der Waals surface area contributed by atoms with Gasteiger partial charge in [0.25, 0.3) is 0 Å². The number of ketones is 1. The van der Waals surface area contributed by atoms with Gasteiger partial charge < -0.3 is 15.7 Å². The van der Waals surface area contributed by atoms with E-state index in [0.717, 1.165) is 0 Å². The molecule has 0 aliphatic heterocycles. The molecular weight excluding hydrogens is 244 g/mol. The van der Waals surface area contributed by atoms with Crippen LogP contribution >= 0.6 is 0 Å². The van der Waals surface area contributed by atoms with Gasteiger partial charge in [-0.05, 0) is 25.5 Å².